The van der Waals surface area contributed by atoms with E-state index in [0.29, 0.717) is 17.7 Å². The summed E-state index contributed by atoms with van der Waals surface area (Å²) < 4.78 is 55.1. The lowest BCUT2D eigenvalue weighted by molar-refractivity contribution is 0.392. The molecule has 1 unspecified atom stereocenters. The normalized spacial score (nSPS) is 22.0. The van der Waals surface area contributed by atoms with Crippen molar-refractivity contribution < 1.29 is 21.3 Å². The summed E-state index contributed by atoms with van der Waals surface area (Å²) in [6.07, 6.45) is 0.310. The van der Waals surface area contributed by atoms with Gasteiger partial charge in [0.1, 0.15) is 16.4 Å². The van der Waals surface area contributed by atoms with Gasteiger partial charge in [-0.1, -0.05) is 0 Å². The summed E-state index contributed by atoms with van der Waals surface area (Å²) in [7, 11) is -5.59. The molecule has 120 valence electrons. The van der Waals surface area contributed by atoms with Gasteiger partial charge in [0.15, 0.2) is 9.84 Å². The fourth-order valence-corrected chi connectivity index (χ4v) is 6.67. The Bertz CT molecular complexity index is 751. The molecule has 1 atom stereocenters. The smallest absolute Gasteiger partial charge is 0.246 e. The third kappa shape index (κ3) is 2.99. The topological polar surface area (TPSA) is 84.7 Å². The predicted octanol–water partition coefficient (Wildman–Crippen LogP) is 1.44. The lowest BCUT2D eigenvalue weighted by Crippen LogP contribution is -2.38. The molecule has 1 aliphatic heterocycles. The monoisotopic (exact) mass is 355 g/mol. The quantitative estimate of drug-likeness (QED) is 0.763. The Morgan fingerprint density at radius 2 is 1.95 bits per heavy atom. The first-order valence-electron chi connectivity index (χ1n) is 6.43. The van der Waals surface area contributed by atoms with Gasteiger partial charge in [0.2, 0.25) is 10.0 Å². The summed E-state index contributed by atoms with van der Waals surface area (Å²) >= 11 is 5.83. The van der Waals surface area contributed by atoms with Crippen LogP contribution in [0.2, 0.25) is 0 Å². The van der Waals surface area contributed by atoms with Crippen LogP contribution in [0.3, 0.4) is 0 Å². The van der Waals surface area contributed by atoms with E-state index in [-0.39, 0.29) is 28.0 Å². The Labute approximate surface area is 130 Å². The third-order valence-corrected chi connectivity index (χ3v) is 7.94. The van der Waals surface area contributed by atoms with Crippen molar-refractivity contribution >= 4 is 31.5 Å². The van der Waals surface area contributed by atoms with Gasteiger partial charge in [-0.2, -0.15) is 4.31 Å². The van der Waals surface area contributed by atoms with E-state index in [0.717, 1.165) is 4.31 Å². The van der Waals surface area contributed by atoms with Gasteiger partial charge in [0.05, 0.1) is 17.4 Å². The molecule has 1 aromatic heterocycles. The molecular formula is C12H18ClNO5S2. The second-order valence-electron chi connectivity index (χ2n) is 5.23. The van der Waals surface area contributed by atoms with Gasteiger partial charge in [-0.05, 0) is 20.3 Å². The van der Waals surface area contributed by atoms with E-state index in [4.69, 9.17) is 16.0 Å². The van der Waals surface area contributed by atoms with Crippen molar-refractivity contribution in [3.8, 4) is 0 Å². The van der Waals surface area contributed by atoms with Crippen LogP contribution < -0.4 is 0 Å². The third-order valence-electron chi connectivity index (χ3n) is 3.82. The van der Waals surface area contributed by atoms with Crippen LogP contribution in [0.1, 0.15) is 23.5 Å². The molecule has 1 saturated heterocycles. The Hall–Kier alpha value is -0.570. The maximum Gasteiger partial charge on any atom is 0.246 e. The number of alkyl halides is 1. The number of sulfone groups is 1. The second-order valence-corrected chi connectivity index (χ2v) is 9.66. The van der Waals surface area contributed by atoms with Crippen molar-refractivity contribution in [3.63, 3.8) is 0 Å². The first kappa shape index (κ1) is 16.8. The van der Waals surface area contributed by atoms with Crippen molar-refractivity contribution in [2.45, 2.75) is 37.1 Å². The predicted molar refractivity (Wildman–Crippen MR) is 79.7 cm³/mol. The number of hydrogen-bond donors (Lipinski definition) is 0. The Balaban J connectivity index is 2.43. The minimum absolute atomic E-state index is 0.0171. The molecule has 2 heterocycles. The van der Waals surface area contributed by atoms with Crippen LogP contribution in [0.4, 0.5) is 0 Å². The highest BCUT2D eigenvalue weighted by Gasteiger charge is 2.39. The van der Waals surface area contributed by atoms with Crippen LogP contribution >= 0.6 is 11.6 Å². The van der Waals surface area contributed by atoms with Crippen molar-refractivity contribution in [2.75, 3.05) is 18.6 Å². The Morgan fingerprint density at radius 1 is 1.33 bits per heavy atom. The lowest BCUT2D eigenvalue weighted by Gasteiger charge is -2.23. The highest BCUT2D eigenvalue weighted by atomic mass is 35.5. The molecule has 1 aliphatic rings. The van der Waals surface area contributed by atoms with Crippen molar-refractivity contribution in [1.29, 1.82) is 0 Å². The number of hydrogen-bond acceptors (Lipinski definition) is 5. The van der Waals surface area contributed by atoms with Crippen LogP contribution in [0.15, 0.2) is 9.31 Å². The molecule has 0 aromatic carbocycles. The number of furan rings is 1. The molecule has 0 aliphatic carbocycles. The maximum atomic E-state index is 12.8. The largest absolute Gasteiger partial charge is 0.465 e. The highest BCUT2D eigenvalue weighted by molar-refractivity contribution is 7.92. The fraction of sp³-hybridized carbons (Fsp3) is 0.667. The van der Waals surface area contributed by atoms with E-state index in [9.17, 15) is 16.8 Å². The molecule has 0 saturated carbocycles. The van der Waals surface area contributed by atoms with Crippen LogP contribution in [-0.2, 0) is 25.7 Å². The molecule has 9 heteroatoms. The van der Waals surface area contributed by atoms with Gasteiger partial charge >= 0.3 is 0 Å². The first-order chi connectivity index (χ1) is 9.60. The zero-order chi connectivity index (χ0) is 16.0. The average molecular weight is 356 g/mol. The molecular weight excluding hydrogens is 338 g/mol. The zero-order valence-electron chi connectivity index (χ0n) is 12.1. The summed E-state index contributed by atoms with van der Waals surface area (Å²) in [5.41, 5.74) is 0.432. The fourth-order valence-electron chi connectivity index (χ4n) is 2.60. The van der Waals surface area contributed by atoms with Crippen molar-refractivity contribution in [3.05, 3.63) is 17.1 Å². The molecule has 6 nitrogen and oxygen atoms in total. The molecule has 0 radical (unpaired) electrons. The van der Waals surface area contributed by atoms with E-state index < -0.39 is 25.9 Å². The van der Waals surface area contributed by atoms with E-state index in [1.165, 1.54) is 7.05 Å². The van der Waals surface area contributed by atoms with Crippen LogP contribution in [-0.4, -0.2) is 45.7 Å². The van der Waals surface area contributed by atoms with E-state index in [2.05, 4.69) is 0 Å². The summed E-state index contributed by atoms with van der Waals surface area (Å²) in [6, 6.07) is -0.544. The molecule has 2 rings (SSSR count). The summed E-state index contributed by atoms with van der Waals surface area (Å²) in [6.45, 7) is 3.22. The van der Waals surface area contributed by atoms with Crippen molar-refractivity contribution in [2.24, 2.45) is 0 Å². The molecule has 0 bridgehead atoms. The number of sulfonamides is 1. The maximum absolute atomic E-state index is 12.8. The SMILES string of the molecule is Cc1oc(C)c(S(=O)(=O)N(C)C2CCS(=O)(=O)C2)c1CCl. The molecule has 1 aromatic rings. The number of nitrogens with zero attached hydrogens (tertiary/aromatic N) is 1. The minimum atomic E-state index is -3.83. The van der Waals surface area contributed by atoms with Crippen LogP contribution in [0.5, 0.6) is 0 Å². The average Bonchev–Trinajstić information content (AvgIpc) is 2.87. The van der Waals surface area contributed by atoms with E-state index >= 15 is 0 Å². The van der Waals surface area contributed by atoms with Gasteiger partial charge < -0.3 is 4.42 Å². The minimum Gasteiger partial charge on any atom is -0.465 e. The zero-order valence-corrected chi connectivity index (χ0v) is 14.5. The summed E-state index contributed by atoms with van der Waals surface area (Å²) in [4.78, 5) is 0.0572. The molecule has 1 fully saturated rings. The van der Waals surface area contributed by atoms with Crippen LogP contribution in [0, 0.1) is 13.8 Å². The van der Waals surface area contributed by atoms with Crippen molar-refractivity contribution in [1.82, 2.24) is 4.31 Å². The van der Waals surface area contributed by atoms with Gasteiger partial charge in [-0.15, -0.1) is 11.6 Å². The number of halogens is 1. The second kappa shape index (κ2) is 5.57. The summed E-state index contributed by atoms with van der Waals surface area (Å²) in [5.74, 6) is 0.636. The molecule has 0 spiro atoms. The molecule has 0 amide bonds. The molecule has 21 heavy (non-hydrogen) atoms. The van der Waals surface area contributed by atoms with E-state index in [1.807, 2.05) is 0 Å². The number of aryl methyl sites for hydroxylation is 2. The first-order valence-corrected chi connectivity index (χ1v) is 10.2. The van der Waals surface area contributed by atoms with Gasteiger partial charge in [0.25, 0.3) is 0 Å². The van der Waals surface area contributed by atoms with E-state index in [1.54, 1.807) is 13.8 Å². The van der Waals surface area contributed by atoms with Crippen LogP contribution in [0.25, 0.3) is 0 Å². The lowest BCUT2D eigenvalue weighted by atomic mass is 10.3. The van der Waals surface area contributed by atoms with Gasteiger partial charge in [-0.25, -0.2) is 16.8 Å². The molecule has 0 N–H and O–H groups in total. The van der Waals surface area contributed by atoms with Gasteiger partial charge in [-0.3, -0.25) is 0 Å². The Kier molecular flexibility index (Phi) is 4.45. The number of rotatable bonds is 4. The summed E-state index contributed by atoms with van der Waals surface area (Å²) in [5, 5.41) is 0. The Morgan fingerprint density at radius 3 is 2.43 bits per heavy atom. The standard InChI is InChI=1S/C12H18ClNO5S2/c1-8-11(6-13)12(9(2)19-8)21(17,18)14(3)10-4-5-20(15,16)7-10/h10H,4-7H2,1-3H3. The highest BCUT2D eigenvalue weighted by Crippen LogP contribution is 2.32. The van der Waals surface area contributed by atoms with Gasteiger partial charge in [0, 0.05) is 18.7 Å².